The monoisotopic (exact) mass is 389 g/mol. The highest BCUT2D eigenvalue weighted by molar-refractivity contribution is 7.89. The third-order valence-electron chi connectivity index (χ3n) is 4.60. The summed E-state index contributed by atoms with van der Waals surface area (Å²) >= 11 is 0. The molecule has 8 heteroatoms. The molecule has 0 aromatic heterocycles. The molecule has 1 aliphatic rings. The highest BCUT2D eigenvalue weighted by Crippen LogP contribution is 2.25. The van der Waals surface area contributed by atoms with E-state index >= 15 is 0 Å². The molecule has 1 saturated heterocycles. The largest absolute Gasteiger partial charge is 0.339 e. The maximum absolute atomic E-state index is 12.9. The molecule has 1 aromatic rings. The minimum Gasteiger partial charge on any atom is -0.339 e. The van der Waals surface area contributed by atoms with Crippen LogP contribution in [0.1, 0.15) is 43.5 Å². The van der Waals surface area contributed by atoms with E-state index < -0.39 is 10.0 Å². The van der Waals surface area contributed by atoms with Crippen LogP contribution >= 0.6 is 12.4 Å². The van der Waals surface area contributed by atoms with E-state index in [0.29, 0.717) is 31.7 Å². The van der Waals surface area contributed by atoms with Crippen LogP contribution < -0.4 is 5.73 Å². The summed E-state index contributed by atoms with van der Waals surface area (Å²) < 4.78 is 27.2. The van der Waals surface area contributed by atoms with Gasteiger partial charge < -0.3 is 10.6 Å². The van der Waals surface area contributed by atoms with E-state index in [2.05, 4.69) is 0 Å². The van der Waals surface area contributed by atoms with Crippen LogP contribution in [0, 0.1) is 0 Å². The molecule has 2 N–H and O–H groups in total. The minimum atomic E-state index is -3.57. The second kappa shape index (κ2) is 9.52. The maximum atomic E-state index is 12.9. The summed E-state index contributed by atoms with van der Waals surface area (Å²) in [5.41, 5.74) is 6.25. The van der Waals surface area contributed by atoms with Gasteiger partial charge in [0.25, 0.3) is 5.91 Å². The number of hydrogen-bond donors (Lipinski definition) is 1. The van der Waals surface area contributed by atoms with Crippen molar-refractivity contribution in [3.63, 3.8) is 0 Å². The molecule has 1 heterocycles. The molecule has 0 saturated carbocycles. The van der Waals surface area contributed by atoms with Gasteiger partial charge in [-0.1, -0.05) is 6.42 Å². The topological polar surface area (TPSA) is 83.7 Å². The predicted octanol–water partition coefficient (Wildman–Crippen LogP) is 2.09. The molecule has 6 nitrogen and oxygen atoms in total. The summed E-state index contributed by atoms with van der Waals surface area (Å²) in [6.07, 6.45) is 2.66. The van der Waals surface area contributed by atoms with E-state index in [1.54, 1.807) is 17.0 Å². The van der Waals surface area contributed by atoms with E-state index in [4.69, 9.17) is 5.73 Å². The van der Waals surface area contributed by atoms with E-state index in [1.165, 1.54) is 16.4 Å². The fraction of sp³-hybridized carbons (Fsp3) is 0.588. The molecule has 0 bridgehead atoms. The first-order valence-electron chi connectivity index (χ1n) is 8.56. The van der Waals surface area contributed by atoms with Gasteiger partial charge in [0.05, 0.1) is 4.90 Å². The second-order valence-electron chi connectivity index (χ2n) is 6.00. The Hall–Kier alpha value is -1.15. The van der Waals surface area contributed by atoms with Crippen LogP contribution in [0.3, 0.4) is 0 Å². The predicted molar refractivity (Wildman–Crippen MR) is 102 cm³/mol. The smallest absolute Gasteiger partial charge is 0.253 e. The molecule has 1 aromatic carbocycles. The van der Waals surface area contributed by atoms with Crippen molar-refractivity contribution in [1.82, 2.24) is 9.21 Å². The summed E-state index contributed by atoms with van der Waals surface area (Å²) in [6, 6.07) is 6.09. The summed E-state index contributed by atoms with van der Waals surface area (Å²) in [4.78, 5) is 14.2. The first kappa shape index (κ1) is 21.9. The van der Waals surface area contributed by atoms with Crippen LogP contribution in [0.5, 0.6) is 0 Å². The van der Waals surface area contributed by atoms with Gasteiger partial charge in [0.2, 0.25) is 10.0 Å². The van der Waals surface area contributed by atoms with Crippen molar-refractivity contribution in [2.24, 2.45) is 5.73 Å². The number of carbonyl (C=O) groups excluding carboxylic acids is 1. The third-order valence-corrected chi connectivity index (χ3v) is 6.57. The Labute approximate surface area is 156 Å². The van der Waals surface area contributed by atoms with E-state index in [1.807, 2.05) is 13.8 Å². The molecular weight excluding hydrogens is 362 g/mol. The Morgan fingerprint density at radius 3 is 2.32 bits per heavy atom. The summed E-state index contributed by atoms with van der Waals surface area (Å²) in [7, 11) is -3.57. The van der Waals surface area contributed by atoms with E-state index in [0.717, 1.165) is 19.3 Å². The van der Waals surface area contributed by atoms with Gasteiger partial charge >= 0.3 is 0 Å². The fourth-order valence-corrected chi connectivity index (χ4v) is 4.83. The summed E-state index contributed by atoms with van der Waals surface area (Å²) in [5, 5.41) is 0. The number of carbonyl (C=O) groups is 1. The fourth-order valence-electron chi connectivity index (χ4n) is 3.12. The molecule has 0 radical (unpaired) electrons. The Morgan fingerprint density at radius 1 is 1.20 bits per heavy atom. The van der Waals surface area contributed by atoms with Crippen LogP contribution in [0.25, 0.3) is 0 Å². The highest BCUT2D eigenvalue weighted by Gasteiger charge is 2.32. The number of amides is 1. The summed E-state index contributed by atoms with van der Waals surface area (Å²) in [6.45, 7) is 5.93. The lowest BCUT2D eigenvalue weighted by molar-refractivity contribution is 0.0773. The standard InChI is InChI=1S/C17H27N3O3S.ClH/c1-3-19(4-2)17(21)14-8-10-16(11-9-14)24(22,23)20-12-6-5-7-15(20)13-18;/h8-11,15H,3-7,12-13,18H2,1-2H3;1H. The average molecular weight is 390 g/mol. The van der Waals surface area contributed by atoms with Crippen molar-refractivity contribution in [3.05, 3.63) is 29.8 Å². The molecular formula is C17H28ClN3O3S. The molecule has 0 aliphatic carbocycles. The van der Waals surface area contributed by atoms with Gasteiger partial charge in [0, 0.05) is 37.8 Å². The van der Waals surface area contributed by atoms with Gasteiger partial charge in [0.1, 0.15) is 0 Å². The highest BCUT2D eigenvalue weighted by atomic mass is 35.5. The van der Waals surface area contributed by atoms with Crippen molar-refractivity contribution in [2.75, 3.05) is 26.2 Å². The number of hydrogen-bond acceptors (Lipinski definition) is 4. The molecule has 1 amide bonds. The Morgan fingerprint density at radius 2 is 1.80 bits per heavy atom. The molecule has 2 rings (SSSR count). The SMILES string of the molecule is CCN(CC)C(=O)c1ccc(S(=O)(=O)N2CCCCC2CN)cc1.Cl. The first-order valence-corrected chi connectivity index (χ1v) is 10.0. The van der Waals surface area contributed by atoms with Crippen molar-refractivity contribution in [3.8, 4) is 0 Å². The van der Waals surface area contributed by atoms with Crippen LogP contribution in [0.4, 0.5) is 0 Å². The van der Waals surface area contributed by atoms with Gasteiger partial charge in [-0.25, -0.2) is 8.42 Å². The average Bonchev–Trinajstić information content (AvgIpc) is 2.62. The summed E-state index contributed by atoms with van der Waals surface area (Å²) in [5.74, 6) is -0.0817. The number of nitrogens with zero attached hydrogens (tertiary/aromatic N) is 2. The van der Waals surface area contributed by atoms with Crippen LogP contribution in [-0.4, -0.2) is 55.8 Å². The molecule has 25 heavy (non-hydrogen) atoms. The van der Waals surface area contributed by atoms with Gasteiger partial charge in [-0.15, -0.1) is 12.4 Å². The zero-order valence-corrected chi connectivity index (χ0v) is 16.5. The quantitative estimate of drug-likeness (QED) is 0.807. The van der Waals surface area contributed by atoms with Crippen LogP contribution in [0.15, 0.2) is 29.2 Å². The minimum absolute atomic E-state index is 0. The van der Waals surface area contributed by atoms with E-state index in [-0.39, 0.29) is 29.3 Å². The van der Waals surface area contributed by atoms with Gasteiger partial charge in [-0.3, -0.25) is 4.79 Å². The maximum Gasteiger partial charge on any atom is 0.253 e. The lowest BCUT2D eigenvalue weighted by Crippen LogP contribution is -2.47. The Bertz CT molecular complexity index is 660. The van der Waals surface area contributed by atoms with Gasteiger partial charge in [-0.2, -0.15) is 4.31 Å². The number of piperidine rings is 1. The van der Waals surface area contributed by atoms with Crippen molar-refractivity contribution in [1.29, 1.82) is 0 Å². The number of nitrogens with two attached hydrogens (primary N) is 1. The lowest BCUT2D eigenvalue weighted by atomic mass is 10.1. The molecule has 142 valence electrons. The van der Waals surface area contributed by atoms with Gasteiger partial charge in [0.15, 0.2) is 0 Å². The van der Waals surface area contributed by atoms with Gasteiger partial charge in [-0.05, 0) is 51.0 Å². The Balaban J connectivity index is 0.00000312. The number of sulfonamides is 1. The zero-order chi connectivity index (χ0) is 17.7. The number of rotatable bonds is 6. The normalized spacial score (nSPS) is 18.4. The molecule has 1 atom stereocenters. The van der Waals surface area contributed by atoms with Crippen LogP contribution in [-0.2, 0) is 10.0 Å². The first-order chi connectivity index (χ1) is 11.5. The molecule has 1 unspecified atom stereocenters. The van der Waals surface area contributed by atoms with Crippen LogP contribution in [0.2, 0.25) is 0 Å². The molecule has 1 fully saturated rings. The molecule has 0 spiro atoms. The van der Waals surface area contributed by atoms with Crippen molar-refractivity contribution in [2.45, 2.75) is 44.0 Å². The number of benzene rings is 1. The van der Waals surface area contributed by atoms with Crippen molar-refractivity contribution >= 4 is 28.3 Å². The zero-order valence-electron chi connectivity index (χ0n) is 14.8. The third kappa shape index (κ3) is 4.73. The Kier molecular flexibility index (Phi) is 8.34. The number of halogens is 1. The molecule has 1 aliphatic heterocycles. The second-order valence-corrected chi connectivity index (χ2v) is 7.89. The van der Waals surface area contributed by atoms with Crippen molar-refractivity contribution < 1.29 is 13.2 Å². The lowest BCUT2D eigenvalue weighted by Gasteiger charge is -2.33. The van der Waals surface area contributed by atoms with E-state index in [9.17, 15) is 13.2 Å².